The Labute approximate surface area is 78.7 Å². The van der Waals surface area contributed by atoms with Gasteiger partial charge in [0.15, 0.2) is 0 Å². The summed E-state index contributed by atoms with van der Waals surface area (Å²) in [5.74, 6) is 0.937. The van der Waals surface area contributed by atoms with Gasteiger partial charge < -0.3 is 10.5 Å². The molecule has 0 amide bonds. The molecular weight excluding hydrogens is 162 g/mol. The lowest BCUT2D eigenvalue weighted by Gasteiger charge is -2.09. The third kappa shape index (κ3) is 2.46. The number of hydrogen-bond donors (Lipinski definition) is 1. The molecule has 13 heavy (non-hydrogen) atoms. The van der Waals surface area contributed by atoms with Crippen LogP contribution in [0.1, 0.15) is 19.3 Å². The van der Waals surface area contributed by atoms with Crippen LogP contribution in [0.25, 0.3) is 0 Å². The quantitative estimate of drug-likeness (QED) is 0.762. The zero-order valence-electron chi connectivity index (χ0n) is 7.70. The lowest BCUT2D eigenvalue weighted by molar-refractivity contribution is 0.293. The van der Waals surface area contributed by atoms with Crippen LogP contribution in [0, 0.1) is 0 Å². The lowest BCUT2D eigenvalue weighted by atomic mass is 10.2. The molecule has 0 atom stereocenters. The summed E-state index contributed by atoms with van der Waals surface area (Å²) in [7, 11) is 0. The Kier molecular flexibility index (Phi) is 2.23. The van der Waals surface area contributed by atoms with E-state index in [1.165, 1.54) is 0 Å². The van der Waals surface area contributed by atoms with E-state index in [9.17, 15) is 0 Å². The van der Waals surface area contributed by atoms with E-state index in [0.29, 0.717) is 0 Å². The van der Waals surface area contributed by atoms with Crippen molar-refractivity contribution in [2.45, 2.75) is 24.8 Å². The minimum Gasteiger partial charge on any atom is -0.494 e. The third-order valence-corrected chi connectivity index (χ3v) is 2.50. The Hall–Kier alpha value is -1.02. The number of para-hydroxylation sites is 1. The zero-order chi connectivity index (χ0) is 9.15. The molecule has 2 heteroatoms. The molecule has 2 rings (SSSR count). The average Bonchev–Trinajstić information content (AvgIpc) is 2.86. The Bertz CT molecular complexity index is 267. The van der Waals surface area contributed by atoms with Gasteiger partial charge in [-0.3, -0.25) is 0 Å². The minimum atomic E-state index is 0.106. The number of hydrogen-bond acceptors (Lipinski definition) is 2. The van der Waals surface area contributed by atoms with Crippen molar-refractivity contribution in [2.24, 2.45) is 5.73 Å². The maximum absolute atomic E-state index is 5.93. The Morgan fingerprint density at radius 2 is 1.92 bits per heavy atom. The third-order valence-electron chi connectivity index (χ3n) is 2.50. The summed E-state index contributed by atoms with van der Waals surface area (Å²) >= 11 is 0. The van der Waals surface area contributed by atoms with Gasteiger partial charge in [-0.15, -0.1) is 0 Å². The lowest BCUT2D eigenvalue weighted by Crippen LogP contribution is -2.24. The van der Waals surface area contributed by atoms with Crippen LogP contribution in [0.2, 0.25) is 0 Å². The summed E-state index contributed by atoms with van der Waals surface area (Å²) < 4.78 is 5.54. The van der Waals surface area contributed by atoms with Gasteiger partial charge >= 0.3 is 0 Å². The highest BCUT2D eigenvalue weighted by molar-refractivity contribution is 5.20. The summed E-state index contributed by atoms with van der Waals surface area (Å²) in [5.41, 5.74) is 6.04. The van der Waals surface area contributed by atoms with Crippen molar-refractivity contribution in [3.05, 3.63) is 30.3 Å². The summed E-state index contributed by atoms with van der Waals surface area (Å²) in [6.45, 7) is 0.737. The fourth-order valence-corrected chi connectivity index (χ4v) is 1.30. The van der Waals surface area contributed by atoms with Crippen LogP contribution in [0.15, 0.2) is 30.3 Å². The highest BCUT2D eigenvalue weighted by atomic mass is 16.5. The summed E-state index contributed by atoms with van der Waals surface area (Å²) in [4.78, 5) is 0. The molecule has 1 aliphatic rings. The van der Waals surface area contributed by atoms with E-state index < -0.39 is 0 Å². The number of benzene rings is 1. The SMILES string of the molecule is NC1(CCOc2ccccc2)CC1. The van der Waals surface area contributed by atoms with E-state index in [0.717, 1.165) is 31.6 Å². The number of rotatable bonds is 4. The van der Waals surface area contributed by atoms with E-state index in [4.69, 9.17) is 10.5 Å². The van der Waals surface area contributed by atoms with Crippen molar-refractivity contribution in [1.29, 1.82) is 0 Å². The fraction of sp³-hybridized carbons (Fsp3) is 0.455. The van der Waals surface area contributed by atoms with E-state index in [1.807, 2.05) is 30.3 Å². The molecule has 1 aromatic rings. The first-order valence-electron chi connectivity index (χ1n) is 4.75. The minimum absolute atomic E-state index is 0.106. The Morgan fingerprint density at radius 3 is 2.54 bits per heavy atom. The molecule has 1 aromatic carbocycles. The molecule has 70 valence electrons. The predicted octanol–water partition coefficient (Wildman–Crippen LogP) is 1.95. The zero-order valence-corrected chi connectivity index (χ0v) is 7.70. The molecule has 2 N–H and O–H groups in total. The molecule has 0 bridgehead atoms. The standard InChI is InChI=1S/C11H15NO/c12-11(6-7-11)8-9-13-10-4-2-1-3-5-10/h1-5H,6-9,12H2. The van der Waals surface area contributed by atoms with Gasteiger partial charge in [0, 0.05) is 5.54 Å². The maximum Gasteiger partial charge on any atom is 0.119 e. The van der Waals surface area contributed by atoms with E-state index >= 15 is 0 Å². The molecule has 0 aromatic heterocycles. The number of ether oxygens (including phenoxy) is 1. The normalized spacial score (nSPS) is 18.2. The van der Waals surface area contributed by atoms with Crippen LogP contribution in [0.5, 0.6) is 5.75 Å². The molecule has 0 unspecified atom stereocenters. The fourth-order valence-electron chi connectivity index (χ4n) is 1.30. The van der Waals surface area contributed by atoms with Gasteiger partial charge in [-0.05, 0) is 31.4 Å². The second-order valence-corrected chi connectivity index (χ2v) is 3.77. The second-order valence-electron chi connectivity index (χ2n) is 3.77. The van der Waals surface area contributed by atoms with Gasteiger partial charge in [-0.1, -0.05) is 18.2 Å². The summed E-state index contributed by atoms with van der Waals surface area (Å²) in [5, 5.41) is 0. The van der Waals surface area contributed by atoms with Crippen molar-refractivity contribution in [3.63, 3.8) is 0 Å². The highest BCUT2D eigenvalue weighted by Crippen LogP contribution is 2.35. The van der Waals surface area contributed by atoms with Crippen LogP contribution in [0.4, 0.5) is 0 Å². The first kappa shape index (κ1) is 8.57. The molecule has 1 aliphatic carbocycles. The molecular formula is C11H15NO. The van der Waals surface area contributed by atoms with Crippen LogP contribution in [-0.4, -0.2) is 12.1 Å². The molecule has 0 radical (unpaired) electrons. The molecule has 1 saturated carbocycles. The first-order valence-corrected chi connectivity index (χ1v) is 4.75. The number of nitrogens with two attached hydrogens (primary N) is 1. The maximum atomic E-state index is 5.93. The van der Waals surface area contributed by atoms with Crippen molar-refractivity contribution in [1.82, 2.24) is 0 Å². The van der Waals surface area contributed by atoms with Gasteiger partial charge in [0.2, 0.25) is 0 Å². The highest BCUT2D eigenvalue weighted by Gasteiger charge is 2.37. The molecule has 0 aliphatic heterocycles. The van der Waals surface area contributed by atoms with Gasteiger partial charge in [0.1, 0.15) is 5.75 Å². The van der Waals surface area contributed by atoms with E-state index in [1.54, 1.807) is 0 Å². The van der Waals surface area contributed by atoms with Crippen LogP contribution >= 0.6 is 0 Å². The van der Waals surface area contributed by atoms with Crippen molar-refractivity contribution in [3.8, 4) is 5.75 Å². The predicted molar refractivity (Wildman–Crippen MR) is 52.7 cm³/mol. The second kappa shape index (κ2) is 3.38. The van der Waals surface area contributed by atoms with E-state index in [2.05, 4.69) is 0 Å². The monoisotopic (exact) mass is 177 g/mol. The first-order chi connectivity index (χ1) is 6.29. The van der Waals surface area contributed by atoms with Crippen LogP contribution in [-0.2, 0) is 0 Å². The molecule has 0 saturated heterocycles. The van der Waals surface area contributed by atoms with Gasteiger partial charge in [-0.2, -0.15) is 0 Å². The Balaban J connectivity index is 1.74. The summed E-state index contributed by atoms with van der Waals surface area (Å²) in [6, 6.07) is 9.87. The smallest absolute Gasteiger partial charge is 0.119 e. The van der Waals surface area contributed by atoms with Crippen molar-refractivity contribution < 1.29 is 4.74 Å². The van der Waals surface area contributed by atoms with E-state index in [-0.39, 0.29) is 5.54 Å². The summed E-state index contributed by atoms with van der Waals surface area (Å²) in [6.07, 6.45) is 3.29. The molecule has 0 spiro atoms. The van der Waals surface area contributed by atoms with Crippen LogP contribution < -0.4 is 10.5 Å². The van der Waals surface area contributed by atoms with Crippen molar-refractivity contribution in [2.75, 3.05) is 6.61 Å². The van der Waals surface area contributed by atoms with Crippen LogP contribution in [0.3, 0.4) is 0 Å². The molecule has 0 heterocycles. The average molecular weight is 177 g/mol. The van der Waals surface area contributed by atoms with Crippen molar-refractivity contribution >= 4 is 0 Å². The van der Waals surface area contributed by atoms with Gasteiger partial charge in [0.25, 0.3) is 0 Å². The molecule has 1 fully saturated rings. The largest absolute Gasteiger partial charge is 0.494 e. The Morgan fingerprint density at radius 1 is 1.23 bits per heavy atom. The van der Waals surface area contributed by atoms with Gasteiger partial charge in [0.05, 0.1) is 6.61 Å². The molecule has 2 nitrogen and oxygen atoms in total. The van der Waals surface area contributed by atoms with Gasteiger partial charge in [-0.25, -0.2) is 0 Å². The topological polar surface area (TPSA) is 35.2 Å².